The third-order valence-corrected chi connectivity index (χ3v) is 9.60. The lowest BCUT2D eigenvalue weighted by Gasteiger charge is -2.41. The molecule has 3 heterocycles. The molecule has 3 aromatic rings. The van der Waals surface area contributed by atoms with Crippen molar-refractivity contribution in [1.29, 1.82) is 0 Å². The number of amides is 1. The topological polar surface area (TPSA) is 69.4 Å². The monoisotopic (exact) mass is 593 g/mol. The first kappa shape index (κ1) is 29.9. The number of rotatable bonds is 10. The number of hydrogen-bond donors (Lipinski definition) is 0. The van der Waals surface area contributed by atoms with Gasteiger partial charge < -0.3 is 24.3 Å². The zero-order valence-electron chi connectivity index (χ0n) is 26.0. The molecular weight excluding hydrogens is 550 g/mol. The Morgan fingerprint density at radius 2 is 1.98 bits per heavy atom. The third-order valence-electron chi connectivity index (χ3n) is 9.60. The Balaban J connectivity index is 1.30. The number of carbonyl (C=O) groups is 1. The van der Waals surface area contributed by atoms with Crippen molar-refractivity contribution in [3.63, 3.8) is 0 Å². The van der Waals surface area contributed by atoms with Gasteiger partial charge in [0.1, 0.15) is 18.5 Å². The van der Waals surface area contributed by atoms with Gasteiger partial charge in [-0.3, -0.25) is 9.69 Å². The van der Waals surface area contributed by atoms with Gasteiger partial charge in [-0.25, -0.2) is 6.57 Å². The van der Waals surface area contributed by atoms with Gasteiger partial charge in [0.25, 0.3) is 0 Å². The summed E-state index contributed by atoms with van der Waals surface area (Å²) in [5.74, 6) is 0.755. The molecule has 1 saturated carbocycles. The van der Waals surface area contributed by atoms with E-state index in [0.717, 1.165) is 43.1 Å². The van der Waals surface area contributed by atoms with Crippen molar-refractivity contribution in [2.75, 3.05) is 62.2 Å². The number of benzene rings is 2. The summed E-state index contributed by atoms with van der Waals surface area (Å²) in [6.07, 6.45) is 5.99. The number of aryl methyl sites for hydroxylation is 1. The van der Waals surface area contributed by atoms with Crippen molar-refractivity contribution in [3.8, 4) is 6.01 Å². The van der Waals surface area contributed by atoms with Crippen LogP contribution in [0.4, 0.5) is 11.5 Å². The van der Waals surface area contributed by atoms with E-state index in [9.17, 15) is 4.79 Å². The van der Waals surface area contributed by atoms with E-state index in [1.807, 2.05) is 0 Å². The van der Waals surface area contributed by atoms with Crippen LogP contribution in [0.5, 0.6) is 6.01 Å². The lowest BCUT2D eigenvalue weighted by molar-refractivity contribution is -0.128. The van der Waals surface area contributed by atoms with Gasteiger partial charge in [0.15, 0.2) is 0 Å². The number of likely N-dealkylation sites (N-methyl/N-ethyl adjacent to an activating group) is 1. The summed E-state index contributed by atoms with van der Waals surface area (Å²) in [5.41, 5.74) is 4.61. The summed E-state index contributed by atoms with van der Waals surface area (Å²) >= 11 is 0. The average Bonchev–Trinajstić information content (AvgIpc) is 3.02. The minimum atomic E-state index is -0.221. The first-order valence-corrected chi connectivity index (χ1v) is 16.0. The molecule has 2 aromatic carbocycles. The Hall–Kier alpha value is -4.16. The lowest BCUT2D eigenvalue weighted by Crippen LogP contribution is -2.56. The molecule has 2 aliphatic heterocycles. The molecule has 0 spiro atoms. The lowest BCUT2D eigenvalue weighted by atomic mass is 9.91. The van der Waals surface area contributed by atoms with E-state index >= 15 is 0 Å². The minimum absolute atomic E-state index is 0.125. The molecule has 6 rings (SSSR count). The molecule has 1 atom stereocenters. The summed E-state index contributed by atoms with van der Waals surface area (Å²) in [5, 5.41) is 2.52. The molecule has 1 aromatic heterocycles. The van der Waals surface area contributed by atoms with Crippen LogP contribution in [0.25, 0.3) is 15.6 Å². The molecule has 0 unspecified atom stereocenters. The van der Waals surface area contributed by atoms with Crippen LogP contribution in [0, 0.1) is 13.5 Å². The fourth-order valence-corrected chi connectivity index (χ4v) is 7.01. The largest absolute Gasteiger partial charge is 0.462 e. The fourth-order valence-electron chi connectivity index (χ4n) is 7.01. The van der Waals surface area contributed by atoms with Gasteiger partial charge in [-0.15, -0.1) is 0 Å². The van der Waals surface area contributed by atoms with Crippen molar-refractivity contribution in [2.45, 2.75) is 58.2 Å². The maximum absolute atomic E-state index is 12.6. The molecule has 230 valence electrons. The second-order valence-corrected chi connectivity index (χ2v) is 12.1. The molecule has 1 amide bonds. The van der Waals surface area contributed by atoms with E-state index < -0.39 is 0 Å². The van der Waals surface area contributed by atoms with Crippen LogP contribution < -0.4 is 14.5 Å². The number of ether oxygens (including phenoxy) is 1. The van der Waals surface area contributed by atoms with Gasteiger partial charge in [-0.1, -0.05) is 50.3 Å². The quantitative estimate of drug-likeness (QED) is 0.245. The zero-order chi connectivity index (χ0) is 30.6. The van der Waals surface area contributed by atoms with Gasteiger partial charge in [0.05, 0.1) is 12.2 Å². The summed E-state index contributed by atoms with van der Waals surface area (Å²) in [7, 11) is 0. The van der Waals surface area contributed by atoms with Crippen LogP contribution in [0.2, 0.25) is 0 Å². The third kappa shape index (κ3) is 5.96. The van der Waals surface area contributed by atoms with Gasteiger partial charge in [0, 0.05) is 55.4 Å². The predicted octanol–water partition coefficient (Wildman–Crippen LogP) is 4.88. The number of carbonyl (C=O) groups excluding carboxylic acids is 1. The predicted molar refractivity (Wildman–Crippen MR) is 175 cm³/mol. The number of aromatic nitrogens is 2. The highest BCUT2D eigenvalue weighted by atomic mass is 16.5. The zero-order valence-corrected chi connectivity index (χ0v) is 26.0. The van der Waals surface area contributed by atoms with Crippen LogP contribution in [-0.4, -0.2) is 90.2 Å². The number of fused-ring (bicyclic) bond motifs is 2. The Labute approximate surface area is 260 Å². The van der Waals surface area contributed by atoms with Crippen molar-refractivity contribution >= 4 is 28.2 Å². The average molecular weight is 594 g/mol. The fraction of sp³-hybridized carbons (Fsp3) is 0.486. The molecule has 9 nitrogen and oxygen atoms in total. The second kappa shape index (κ2) is 13.2. The standard InChI is InChI=1S/C35H43N7O2/c1-5-32(43)42-19-18-41(23-28(42)22-36-4)34-29-16-17-40(31-15-8-12-26-11-7-10-25(3)33(26)31)24-30(29)37-35(38-34)44-21-20-39(6-2)27-13-9-14-27/h5,7-8,10-12,15,27-28H,1,6,9,13-14,16-24H2,2-3H3/t28-/m0/s1. The van der Waals surface area contributed by atoms with Gasteiger partial charge in [-0.05, 0) is 55.8 Å². The van der Waals surface area contributed by atoms with E-state index in [-0.39, 0.29) is 18.5 Å². The molecule has 0 bridgehead atoms. The summed E-state index contributed by atoms with van der Waals surface area (Å²) in [6.45, 7) is 21.5. The Morgan fingerprint density at radius 1 is 1.16 bits per heavy atom. The molecule has 2 fully saturated rings. The number of anilines is 2. The van der Waals surface area contributed by atoms with Crippen LogP contribution in [-0.2, 0) is 17.8 Å². The van der Waals surface area contributed by atoms with Crippen LogP contribution in [0.1, 0.15) is 43.0 Å². The molecule has 1 aliphatic carbocycles. The highest BCUT2D eigenvalue weighted by molar-refractivity contribution is 5.97. The summed E-state index contributed by atoms with van der Waals surface area (Å²) in [4.78, 5) is 35.2. The van der Waals surface area contributed by atoms with Crippen LogP contribution in [0.3, 0.4) is 0 Å². The molecule has 0 radical (unpaired) electrons. The molecule has 0 N–H and O–H groups in total. The van der Waals surface area contributed by atoms with E-state index in [2.05, 4.69) is 76.4 Å². The highest BCUT2D eigenvalue weighted by Crippen LogP contribution is 2.36. The second-order valence-electron chi connectivity index (χ2n) is 12.1. The Kier molecular flexibility index (Phi) is 8.99. The maximum atomic E-state index is 12.6. The number of nitrogens with zero attached hydrogens (tertiary/aromatic N) is 7. The van der Waals surface area contributed by atoms with Gasteiger partial charge in [-0.2, -0.15) is 9.97 Å². The maximum Gasteiger partial charge on any atom is 0.318 e. The molecule has 44 heavy (non-hydrogen) atoms. The SMILES string of the molecule is [C-]#[N+]C[C@H]1CN(c2nc(OCCN(CC)C3CCC3)nc3c2CCN(c2cccc4cccc(C)c24)C3)CCN1C(=O)C=C. The summed E-state index contributed by atoms with van der Waals surface area (Å²) in [6, 6.07) is 13.8. The highest BCUT2D eigenvalue weighted by Gasteiger charge is 2.35. The minimum Gasteiger partial charge on any atom is -0.462 e. The molecule has 9 heteroatoms. The number of piperazine rings is 1. The van der Waals surface area contributed by atoms with E-state index in [0.29, 0.717) is 44.8 Å². The molecular formula is C35H43N7O2. The van der Waals surface area contributed by atoms with Crippen molar-refractivity contribution < 1.29 is 9.53 Å². The van der Waals surface area contributed by atoms with Crippen molar-refractivity contribution in [2.24, 2.45) is 0 Å². The number of hydrogen-bond acceptors (Lipinski definition) is 7. The van der Waals surface area contributed by atoms with Crippen molar-refractivity contribution in [3.05, 3.63) is 77.3 Å². The van der Waals surface area contributed by atoms with E-state index in [1.165, 1.54) is 47.4 Å². The van der Waals surface area contributed by atoms with Crippen molar-refractivity contribution in [1.82, 2.24) is 19.8 Å². The normalized spacial score (nSPS) is 18.6. The first-order valence-electron chi connectivity index (χ1n) is 16.0. The smallest absolute Gasteiger partial charge is 0.318 e. The van der Waals surface area contributed by atoms with Gasteiger partial charge in [0.2, 0.25) is 12.5 Å². The first-order chi connectivity index (χ1) is 21.5. The molecule has 3 aliphatic rings. The Morgan fingerprint density at radius 3 is 2.70 bits per heavy atom. The van der Waals surface area contributed by atoms with E-state index in [4.69, 9.17) is 21.3 Å². The van der Waals surface area contributed by atoms with E-state index in [1.54, 1.807) is 4.90 Å². The van der Waals surface area contributed by atoms with Gasteiger partial charge >= 0.3 is 6.01 Å². The van der Waals surface area contributed by atoms with Crippen LogP contribution >= 0.6 is 0 Å². The van der Waals surface area contributed by atoms with Crippen LogP contribution in [0.15, 0.2) is 49.1 Å². The summed E-state index contributed by atoms with van der Waals surface area (Å²) < 4.78 is 6.30. The Bertz CT molecular complexity index is 1560. The molecule has 1 saturated heterocycles.